The highest BCUT2D eigenvalue weighted by molar-refractivity contribution is 7.91. The predicted octanol–water partition coefficient (Wildman–Crippen LogP) is 1.53. The highest BCUT2D eigenvalue weighted by Crippen LogP contribution is 2.21. The first-order valence-electron chi connectivity index (χ1n) is 6.43. The van der Waals surface area contributed by atoms with Gasteiger partial charge in [-0.15, -0.1) is 0 Å². The average molecular weight is 299 g/mol. The van der Waals surface area contributed by atoms with Crippen LogP contribution in [0.5, 0.6) is 0 Å². The van der Waals surface area contributed by atoms with E-state index in [0.29, 0.717) is 36.7 Å². The minimum absolute atomic E-state index is 0.000639. The molecule has 0 saturated carbocycles. The van der Waals surface area contributed by atoms with Crippen LogP contribution in [-0.2, 0) is 9.84 Å². The monoisotopic (exact) mass is 299 g/mol. The van der Waals surface area contributed by atoms with E-state index in [0.717, 1.165) is 0 Å². The second kappa shape index (κ2) is 5.74. The lowest BCUT2D eigenvalue weighted by atomic mass is 10.0. The number of rotatable bonds is 4. The maximum Gasteiger partial charge on any atom is 0.290 e. The van der Waals surface area contributed by atoms with Gasteiger partial charge in [0.05, 0.1) is 16.4 Å². The van der Waals surface area contributed by atoms with Gasteiger partial charge in [-0.3, -0.25) is 10.1 Å². The lowest BCUT2D eigenvalue weighted by Crippen LogP contribution is -2.27. The van der Waals surface area contributed by atoms with Gasteiger partial charge in [0.15, 0.2) is 0 Å². The van der Waals surface area contributed by atoms with Crippen molar-refractivity contribution in [1.82, 2.24) is 4.98 Å². The van der Waals surface area contributed by atoms with Gasteiger partial charge in [0.2, 0.25) is 0 Å². The summed E-state index contributed by atoms with van der Waals surface area (Å²) in [6, 6.07) is 1.64. The quantitative estimate of drug-likeness (QED) is 0.668. The standard InChI is InChI=1S/C12H17N3O4S/c1-9-6-12(14-8-11(9)15(16)17)13-7-10-2-4-20(18,19)5-3-10/h6,8,10H,2-5,7H2,1H3,(H,13,14). The van der Waals surface area contributed by atoms with Crippen LogP contribution in [0.2, 0.25) is 0 Å². The van der Waals surface area contributed by atoms with Gasteiger partial charge in [-0.25, -0.2) is 13.4 Å². The minimum atomic E-state index is -2.84. The predicted molar refractivity (Wildman–Crippen MR) is 75.5 cm³/mol. The Bertz CT molecular complexity index is 601. The second-order valence-corrected chi connectivity index (χ2v) is 7.39. The highest BCUT2D eigenvalue weighted by atomic mass is 32.2. The summed E-state index contributed by atoms with van der Waals surface area (Å²) in [4.78, 5) is 14.2. The third-order valence-corrected chi connectivity index (χ3v) is 5.24. The Balaban J connectivity index is 1.92. The molecule has 0 aromatic carbocycles. The number of nitro groups is 1. The van der Waals surface area contributed by atoms with Crippen LogP contribution in [0, 0.1) is 23.0 Å². The number of sulfone groups is 1. The molecule has 2 rings (SSSR count). The zero-order chi connectivity index (χ0) is 14.8. The Labute approximate surface area is 117 Å². The van der Waals surface area contributed by atoms with Crippen molar-refractivity contribution >= 4 is 21.3 Å². The normalized spacial score (nSPS) is 18.6. The van der Waals surface area contributed by atoms with Crippen molar-refractivity contribution in [3.8, 4) is 0 Å². The Morgan fingerprint density at radius 1 is 1.45 bits per heavy atom. The van der Waals surface area contributed by atoms with Crippen LogP contribution < -0.4 is 5.32 Å². The summed E-state index contributed by atoms with van der Waals surface area (Å²) in [5.41, 5.74) is 0.554. The summed E-state index contributed by atoms with van der Waals surface area (Å²) in [6.45, 7) is 2.30. The molecule has 1 aromatic heterocycles. The number of pyridine rings is 1. The first kappa shape index (κ1) is 14.7. The molecule has 1 fully saturated rings. The zero-order valence-electron chi connectivity index (χ0n) is 11.2. The molecule has 0 radical (unpaired) electrons. The molecule has 0 atom stereocenters. The van der Waals surface area contributed by atoms with E-state index >= 15 is 0 Å². The number of hydrogen-bond acceptors (Lipinski definition) is 6. The molecule has 1 aliphatic heterocycles. The van der Waals surface area contributed by atoms with Gasteiger partial charge < -0.3 is 5.32 Å². The van der Waals surface area contributed by atoms with E-state index in [1.807, 2.05) is 0 Å². The van der Waals surface area contributed by atoms with Crippen molar-refractivity contribution in [2.24, 2.45) is 5.92 Å². The van der Waals surface area contributed by atoms with Crippen LogP contribution in [0.1, 0.15) is 18.4 Å². The maximum absolute atomic E-state index is 11.3. The Morgan fingerprint density at radius 2 is 2.10 bits per heavy atom. The first-order chi connectivity index (χ1) is 9.37. The van der Waals surface area contributed by atoms with E-state index in [1.165, 1.54) is 6.20 Å². The Hall–Kier alpha value is -1.70. The number of aromatic nitrogens is 1. The fourth-order valence-electron chi connectivity index (χ4n) is 2.23. The lowest BCUT2D eigenvalue weighted by Gasteiger charge is -2.22. The molecular weight excluding hydrogens is 282 g/mol. The number of aryl methyl sites for hydroxylation is 1. The number of hydrogen-bond donors (Lipinski definition) is 1. The van der Waals surface area contributed by atoms with E-state index in [9.17, 15) is 18.5 Å². The lowest BCUT2D eigenvalue weighted by molar-refractivity contribution is -0.385. The molecule has 2 heterocycles. The largest absolute Gasteiger partial charge is 0.370 e. The molecule has 20 heavy (non-hydrogen) atoms. The van der Waals surface area contributed by atoms with Crippen molar-refractivity contribution in [2.75, 3.05) is 23.4 Å². The third kappa shape index (κ3) is 3.66. The molecule has 1 aliphatic rings. The molecule has 1 aromatic rings. The fraction of sp³-hybridized carbons (Fsp3) is 0.583. The third-order valence-electron chi connectivity index (χ3n) is 3.53. The van der Waals surface area contributed by atoms with Crippen molar-refractivity contribution in [3.63, 3.8) is 0 Å². The number of nitrogens with one attached hydrogen (secondary N) is 1. The molecule has 0 amide bonds. The molecule has 0 spiro atoms. The van der Waals surface area contributed by atoms with Crippen molar-refractivity contribution in [3.05, 3.63) is 27.9 Å². The topological polar surface area (TPSA) is 102 Å². The van der Waals surface area contributed by atoms with Gasteiger partial charge in [0, 0.05) is 12.1 Å². The molecule has 0 unspecified atom stereocenters. The molecular formula is C12H17N3O4S. The van der Waals surface area contributed by atoms with Crippen molar-refractivity contribution < 1.29 is 13.3 Å². The van der Waals surface area contributed by atoms with Crippen LogP contribution in [0.25, 0.3) is 0 Å². The van der Waals surface area contributed by atoms with E-state index in [1.54, 1.807) is 13.0 Å². The molecule has 110 valence electrons. The summed E-state index contributed by atoms with van der Waals surface area (Å²) >= 11 is 0. The fourth-order valence-corrected chi connectivity index (χ4v) is 3.82. The molecule has 8 heteroatoms. The number of nitrogens with zero attached hydrogens (tertiary/aromatic N) is 2. The summed E-state index contributed by atoms with van der Waals surface area (Å²) in [5.74, 6) is 1.37. The zero-order valence-corrected chi connectivity index (χ0v) is 12.0. The van der Waals surface area contributed by atoms with Crippen molar-refractivity contribution in [2.45, 2.75) is 19.8 Å². The van der Waals surface area contributed by atoms with Crippen LogP contribution in [0.3, 0.4) is 0 Å². The second-order valence-electron chi connectivity index (χ2n) is 5.09. The highest BCUT2D eigenvalue weighted by Gasteiger charge is 2.23. The minimum Gasteiger partial charge on any atom is -0.370 e. The molecule has 1 saturated heterocycles. The Morgan fingerprint density at radius 3 is 2.65 bits per heavy atom. The van der Waals surface area contributed by atoms with Gasteiger partial charge in [-0.05, 0) is 31.7 Å². The van der Waals surface area contributed by atoms with Crippen LogP contribution >= 0.6 is 0 Å². The smallest absolute Gasteiger partial charge is 0.290 e. The van der Waals surface area contributed by atoms with E-state index in [4.69, 9.17) is 0 Å². The van der Waals surface area contributed by atoms with Crippen LogP contribution in [0.15, 0.2) is 12.3 Å². The van der Waals surface area contributed by atoms with Gasteiger partial charge in [-0.1, -0.05) is 0 Å². The summed E-state index contributed by atoms with van der Waals surface area (Å²) < 4.78 is 22.6. The van der Waals surface area contributed by atoms with Crippen LogP contribution in [0.4, 0.5) is 11.5 Å². The number of anilines is 1. The van der Waals surface area contributed by atoms with Gasteiger partial charge in [-0.2, -0.15) is 0 Å². The SMILES string of the molecule is Cc1cc(NCC2CCS(=O)(=O)CC2)ncc1[N+](=O)[O-]. The Kier molecular flexibility index (Phi) is 4.22. The first-order valence-corrected chi connectivity index (χ1v) is 8.25. The van der Waals surface area contributed by atoms with Gasteiger partial charge in [0.1, 0.15) is 21.9 Å². The molecule has 7 nitrogen and oxygen atoms in total. The van der Waals surface area contributed by atoms with Crippen molar-refractivity contribution in [1.29, 1.82) is 0 Å². The summed E-state index contributed by atoms with van der Waals surface area (Å²) in [7, 11) is -2.84. The van der Waals surface area contributed by atoms with E-state index in [2.05, 4.69) is 10.3 Å². The molecule has 0 bridgehead atoms. The maximum atomic E-state index is 11.3. The van der Waals surface area contributed by atoms with E-state index < -0.39 is 14.8 Å². The average Bonchev–Trinajstić information content (AvgIpc) is 2.37. The van der Waals surface area contributed by atoms with Gasteiger partial charge in [0.25, 0.3) is 5.69 Å². The summed E-state index contributed by atoms with van der Waals surface area (Å²) in [5, 5.41) is 13.8. The van der Waals surface area contributed by atoms with Crippen LogP contribution in [-0.4, -0.2) is 36.4 Å². The van der Waals surface area contributed by atoms with Gasteiger partial charge >= 0.3 is 0 Å². The molecule has 0 aliphatic carbocycles. The molecule has 1 N–H and O–H groups in total. The summed E-state index contributed by atoms with van der Waals surface area (Å²) in [6.07, 6.45) is 2.55. The van der Waals surface area contributed by atoms with E-state index in [-0.39, 0.29) is 17.2 Å².